The normalized spacial score (nSPS) is 13.4. The zero-order valence-corrected chi connectivity index (χ0v) is 23.6. The van der Waals surface area contributed by atoms with Crippen molar-refractivity contribution >= 4 is 34.9 Å². The molecule has 5 rings (SSSR count). The minimum Gasteiger partial charge on any atom is -0.378 e. The standard InChI is InChI=1S/C30H33N9O2/c1-20-5-10-23(17-24(20)34-28-32-12-11-26(36-28)38-13-15-41-16-14-38)33-29(40)35-25-19-39(30(2,3)4)37-27(25)22-8-6-21(18-31)7-9-22/h5-12,17,19H,13-16H2,1-4H3,(H,32,34,36)(H2,33,35,40). The fraction of sp³-hybridized carbons (Fsp3) is 0.300. The molecule has 11 heteroatoms. The average Bonchev–Trinajstić information content (AvgIpc) is 3.40. The quantitative estimate of drug-likeness (QED) is 0.286. The first-order valence-corrected chi connectivity index (χ1v) is 13.4. The number of carbonyl (C=O) groups excluding carboxylic acids is 1. The van der Waals surface area contributed by atoms with Crippen LogP contribution in [0, 0.1) is 18.3 Å². The number of nitriles is 1. The van der Waals surface area contributed by atoms with Gasteiger partial charge in [0.25, 0.3) is 0 Å². The van der Waals surface area contributed by atoms with Crippen LogP contribution in [-0.4, -0.2) is 52.1 Å². The van der Waals surface area contributed by atoms with Crippen molar-refractivity contribution in [2.24, 2.45) is 0 Å². The summed E-state index contributed by atoms with van der Waals surface area (Å²) in [7, 11) is 0. The number of amides is 2. The van der Waals surface area contributed by atoms with E-state index in [2.05, 4.69) is 36.9 Å². The molecule has 0 unspecified atom stereocenters. The Labute approximate surface area is 239 Å². The molecular formula is C30H33N9O2. The van der Waals surface area contributed by atoms with Crippen molar-refractivity contribution in [1.29, 1.82) is 5.26 Å². The van der Waals surface area contributed by atoms with Gasteiger partial charge in [0.1, 0.15) is 11.5 Å². The van der Waals surface area contributed by atoms with Gasteiger partial charge >= 0.3 is 6.03 Å². The number of benzene rings is 2. The van der Waals surface area contributed by atoms with Crippen molar-refractivity contribution < 1.29 is 9.53 Å². The number of urea groups is 1. The molecular weight excluding hydrogens is 518 g/mol. The summed E-state index contributed by atoms with van der Waals surface area (Å²) in [4.78, 5) is 24.4. The van der Waals surface area contributed by atoms with E-state index in [1.165, 1.54) is 0 Å². The molecule has 11 nitrogen and oxygen atoms in total. The summed E-state index contributed by atoms with van der Waals surface area (Å²) in [5.41, 5.74) is 4.58. The molecule has 0 radical (unpaired) electrons. The van der Waals surface area contributed by atoms with Crippen LogP contribution in [-0.2, 0) is 10.3 Å². The highest BCUT2D eigenvalue weighted by Crippen LogP contribution is 2.30. The van der Waals surface area contributed by atoms with Crippen molar-refractivity contribution in [2.75, 3.05) is 47.2 Å². The highest BCUT2D eigenvalue weighted by Gasteiger charge is 2.21. The Balaban J connectivity index is 1.33. The third-order valence-corrected chi connectivity index (χ3v) is 6.66. The van der Waals surface area contributed by atoms with E-state index in [0.29, 0.717) is 41.8 Å². The van der Waals surface area contributed by atoms with Crippen molar-refractivity contribution in [3.63, 3.8) is 0 Å². The predicted molar refractivity (Wildman–Crippen MR) is 160 cm³/mol. The molecule has 3 N–H and O–H groups in total. The van der Waals surface area contributed by atoms with E-state index < -0.39 is 6.03 Å². The summed E-state index contributed by atoms with van der Waals surface area (Å²) in [6, 6.07) is 16.3. The third-order valence-electron chi connectivity index (χ3n) is 6.66. The van der Waals surface area contributed by atoms with Crippen molar-refractivity contribution in [3.05, 3.63) is 72.1 Å². The van der Waals surface area contributed by atoms with Gasteiger partial charge in [-0.1, -0.05) is 18.2 Å². The molecule has 2 aromatic heterocycles. The number of nitrogens with zero attached hydrogens (tertiary/aromatic N) is 6. The van der Waals surface area contributed by atoms with Gasteiger partial charge < -0.3 is 25.6 Å². The van der Waals surface area contributed by atoms with Crippen molar-refractivity contribution in [2.45, 2.75) is 33.2 Å². The number of aryl methyl sites for hydroxylation is 1. The van der Waals surface area contributed by atoms with Gasteiger partial charge in [0, 0.05) is 42.4 Å². The maximum absolute atomic E-state index is 13.1. The molecule has 1 saturated heterocycles. The van der Waals surface area contributed by atoms with Crippen molar-refractivity contribution in [1.82, 2.24) is 19.7 Å². The lowest BCUT2D eigenvalue weighted by molar-refractivity contribution is 0.122. The van der Waals surface area contributed by atoms with Crippen LogP contribution in [0.3, 0.4) is 0 Å². The SMILES string of the molecule is Cc1ccc(NC(=O)Nc2cn(C(C)(C)C)nc2-c2ccc(C#N)cc2)cc1Nc1nccc(N2CCOCC2)n1. The van der Waals surface area contributed by atoms with E-state index in [0.717, 1.165) is 35.7 Å². The Morgan fingerprint density at radius 3 is 2.49 bits per heavy atom. The second-order valence-electron chi connectivity index (χ2n) is 10.8. The van der Waals surface area contributed by atoms with Gasteiger partial charge in [-0.3, -0.25) is 4.68 Å². The Morgan fingerprint density at radius 1 is 1.02 bits per heavy atom. The molecule has 1 aliphatic heterocycles. The monoisotopic (exact) mass is 551 g/mol. The summed E-state index contributed by atoms with van der Waals surface area (Å²) in [6.07, 6.45) is 3.54. The van der Waals surface area contributed by atoms with Crippen LogP contribution in [0.4, 0.5) is 33.6 Å². The zero-order valence-electron chi connectivity index (χ0n) is 23.6. The maximum Gasteiger partial charge on any atom is 0.323 e. The summed E-state index contributed by atoms with van der Waals surface area (Å²) in [6.45, 7) is 11.0. The number of hydrogen-bond donors (Lipinski definition) is 3. The first-order valence-electron chi connectivity index (χ1n) is 13.4. The van der Waals surface area contributed by atoms with E-state index in [1.807, 2.05) is 75.0 Å². The van der Waals surface area contributed by atoms with E-state index in [-0.39, 0.29) is 5.54 Å². The van der Waals surface area contributed by atoms with E-state index in [1.54, 1.807) is 18.3 Å². The molecule has 0 saturated carbocycles. The molecule has 0 atom stereocenters. The Hall–Kier alpha value is -4.95. The fourth-order valence-corrected chi connectivity index (χ4v) is 4.34. The summed E-state index contributed by atoms with van der Waals surface area (Å²) < 4.78 is 7.26. The summed E-state index contributed by atoms with van der Waals surface area (Å²) >= 11 is 0. The summed E-state index contributed by atoms with van der Waals surface area (Å²) in [5, 5.41) is 23.0. The molecule has 3 heterocycles. The molecule has 2 aromatic carbocycles. The molecule has 1 aliphatic rings. The molecule has 0 aliphatic carbocycles. The molecule has 0 spiro atoms. The highest BCUT2D eigenvalue weighted by atomic mass is 16.5. The van der Waals surface area contributed by atoms with Gasteiger partial charge in [-0.2, -0.15) is 15.3 Å². The van der Waals surface area contributed by atoms with Gasteiger partial charge in [-0.15, -0.1) is 0 Å². The highest BCUT2D eigenvalue weighted by molar-refractivity contribution is 6.02. The lowest BCUT2D eigenvalue weighted by Gasteiger charge is -2.27. The van der Waals surface area contributed by atoms with Crippen LogP contribution >= 0.6 is 0 Å². The van der Waals surface area contributed by atoms with Crippen LogP contribution in [0.1, 0.15) is 31.9 Å². The van der Waals surface area contributed by atoms with Crippen LogP contribution in [0.15, 0.2) is 60.9 Å². The van der Waals surface area contributed by atoms with E-state index in [9.17, 15) is 4.79 Å². The second-order valence-corrected chi connectivity index (χ2v) is 10.8. The minimum atomic E-state index is -0.409. The minimum absolute atomic E-state index is 0.295. The van der Waals surface area contributed by atoms with Crippen LogP contribution in [0.5, 0.6) is 0 Å². The smallest absolute Gasteiger partial charge is 0.323 e. The molecule has 1 fully saturated rings. The Kier molecular flexibility index (Phi) is 7.85. The third kappa shape index (κ3) is 6.62. The van der Waals surface area contributed by atoms with Gasteiger partial charge in [-0.25, -0.2) is 9.78 Å². The number of morpholine rings is 1. The molecule has 0 bridgehead atoms. The number of carbonyl (C=O) groups is 1. The first kappa shape index (κ1) is 27.6. The van der Waals surface area contributed by atoms with Gasteiger partial charge in [-0.05, 0) is 63.6 Å². The molecule has 41 heavy (non-hydrogen) atoms. The lowest BCUT2D eigenvalue weighted by Crippen LogP contribution is -2.36. The van der Waals surface area contributed by atoms with E-state index in [4.69, 9.17) is 15.1 Å². The van der Waals surface area contributed by atoms with Crippen LogP contribution < -0.4 is 20.9 Å². The molecule has 2 amide bonds. The van der Waals surface area contributed by atoms with Gasteiger partial charge in [0.15, 0.2) is 0 Å². The lowest BCUT2D eigenvalue weighted by atomic mass is 10.1. The van der Waals surface area contributed by atoms with Gasteiger partial charge in [0.05, 0.1) is 36.1 Å². The van der Waals surface area contributed by atoms with Crippen LogP contribution in [0.25, 0.3) is 11.3 Å². The second kappa shape index (κ2) is 11.7. The molecule has 4 aromatic rings. The first-order chi connectivity index (χ1) is 19.7. The van der Waals surface area contributed by atoms with E-state index >= 15 is 0 Å². The number of rotatable bonds is 6. The van der Waals surface area contributed by atoms with Crippen LogP contribution in [0.2, 0.25) is 0 Å². The molecule has 210 valence electrons. The topological polar surface area (TPSA) is 133 Å². The largest absolute Gasteiger partial charge is 0.378 e. The Bertz CT molecular complexity index is 1580. The zero-order chi connectivity index (χ0) is 29.0. The number of ether oxygens (including phenoxy) is 1. The maximum atomic E-state index is 13.1. The number of nitrogens with one attached hydrogen (secondary N) is 3. The van der Waals surface area contributed by atoms with Crippen molar-refractivity contribution in [3.8, 4) is 17.3 Å². The number of anilines is 5. The summed E-state index contributed by atoms with van der Waals surface area (Å²) in [5.74, 6) is 1.31. The fourth-order valence-electron chi connectivity index (χ4n) is 4.34. The average molecular weight is 552 g/mol. The number of aromatic nitrogens is 4. The van der Waals surface area contributed by atoms with Gasteiger partial charge in [0.2, 0.25) is 5.95 Å². The Morgan fingerprint density at radius 2 is 1.78 bits per heavy atom. The predicted octanol–water partition coefficient (Wildman–Crippen LogP) is 5.50. The number of hydrogen-bond acceptors (Lipinski definition) is 8.